The van der Waals surface area contributed by atoms with Crippen molar-refractivity contribution in [3.8, 4) is 5.75 Å². The fraction of sp³-hybridized carbons (Fsp3) is 0.500. The van der Waals surface area contributed by atoms with Crippen LogP contribution in [-0.2, 0) is 6.54 Å². The number of hydrogen-bond acceptors (Lipinski definition) is 4. The van der Waals surface area contributed by atoms with Gasteiger partial charge in [0.25, 0.3) is 0 Å². The average molecular weight is 512 g/mol. The molecule has 1 aliphatic heterocycles. The van der Waals surface area contributed by atoms with Crippen molar-refractivity contribution in [1.82, 2.24) is 15.1 Å². The summed E-state index contributed by atoms with van der Waals surface area (Å²) in [5.41, 5.74) is 1.22. The van der Waals surface area contributed by atoms with E-state index in [-0.39, 0.29) is 30.0 Å². The largest absolute Gasteiger partial charge is 0.497 e. The molecule has 1 saturated heterocycles. The molecule has 29 heavy (non-hydrogen) atoms. The van der Waals surface area contributed by atoms with Crippen LogP contribution in [0.2, 0.25) is 0 Å². The summed E-state index contributed by atoms with van der Waals surface area (Å²) in [5, 5.41) is 3.42. The van der Waals surface area contributed by atoms with Crippen LogP contribution < -0.4 is 10.1 Å². The predicted molar refractivity (Wildman–Crippen MR) is 128 cm³/mol. The lowest BCUT2D eigenvalue weighted by molar-refractivity contribution is 0.220. The van der Waals surface area contributed by atoms with Crippen LogP contribution in [0.1, 0.15) is 37.1 Å². The molecule has 1 aromatic heterocycles. The second kappa shape index (κ2) is 12.1. The van der Waals surface area contributed by atoms with Gasteiger partial charge in [-0.3, -0.25) is 9.89 Å². The summed E-state index contributed by atoms with van der Waals surface area (Å²) in [4.78, 5) is 9.59. The van der Waals surface area contributed by atoms with E-state index < -0.39 is 0 Å². The van der Waals surface area contributed by atoms with Gasteiger partial charge in [0.05, 0.1) is 26.0 Å². The molecule has 2 aromatic rings. The van der Waals surface area contributed by atoms with Gasteiger partial charge in [-0.15, -0.1) is 24.0 Å². The monoisotopic (exact) mass is 512 g/mol. The highest BCUT2D eigenvalue weighted by Crippen LogP contribution is 2.26. The molecule has 0 spiro atoms. The molecule has 1 fully saturated rings. The van der Waals surface area contributed by atoms with Crippen molar-refractivity contribution in [2.24, 2.45) is 4.99 Å². The number of nitrogens with zero attached hydrogens (tertiary/aromatic N) is 3. The number of ether oxygens (including phenoxy) is 1. The van der Waals surface area contributed by atoms with Crippen LogP contribution in [0.3, 0.4) is 0 Å². The average Bonchev–Trinajstić information content (AvgIpc) is 3.42. The van der Waals surface area contributed by atoms with E-state index in [2.05, 4.69) is 47.3 Å². The smallest absolute Gasteiger partial charge is 0.194 e. The summed E-state index contributed by atoms with van der Waals surface area (Å²) in [6.07, 6.45) is 4.25. The lowest BCUT2D eigenvalue weighted by Gasteiger charge is -2.26. The third-order valence-electron chi connectivity index (χ3n) is 5.14. The molecular formula is C22H33IN4O2. The van der Waals surface area contributed by atoms with Crippen LogP contribution in [0.5, 0.6) is 5.75 Å². The van der Waals surface area contributed by atoms with Gasteiger partial charge in [-0.2, -0.15) is 0 Å². The molecule has 1 aromatic carbocycles. The SMILES string of the molecule is CCNC(=NCC(c1ccco1)N1CCCC1)N(C)Cc1ccc(OC)cc1.I. The minimum Gasteiger partial charge on any atom is -0.497 e. The Morgan fingerprint density at radius 2 is 1.97 bits per heavy atom. The molecule has 2 heterocycles. The molecule has 0 saturated carbocycles. The maximum Gasteiger partial charge on any atom is 0.194 e. The van der Waals surface area contributed by atoms with Gasteiger partial charge in [-0.25, -0.2) is 0 Å². The Morgan fingerprint density at radius 1 is 1.24 bits per heavy atom. The Balaban J connectivity index is 0.00000300. The Labute approximate surface area is 191 Å². The molecule has 1 unspecified atom stereocenters. The number of aliphatic imine (C=N–C) groups is 1. The topological polar surface area (TPSA) is 53.2 Å². The van der Waals surface area contributed by atoms with Crippen LogP contribution in [-0.4, -0.2) is 56.1 Å². The molecule has 1 atom stereocenters. The van der Waals surface area contributed by atoms with E-state index in [0.717, 1.165) is 43.6 Å². The van der Waals surface area contributed by atoms with Gasteiger partial charge < -0.3 is 19.4 Å². The van der Waals surface area contributed by atoms with Gasteiger partial charge >= 0.3 is 0 Å². The first-order valence-corrected chi connectivity index (χ1v) is 10.1. The molecule has 0 radical (unpaired) electrons. The van der Waals surface area contributed by atoms with E-state index in [0.29, 0.717) is 6.54 Å². The molecule has 0 amide bonds. The van der Waals surface area contributed by atoms with Crippen molar-refractivity contribution in [3.05, 3.63) is 54.0 Å². The summed E-state index contributed by atoms with van der Waals surface area (Å²) >= 11 is 0. The first kappa shape index (κ1) is 23.5. The van der Waals surface area contributed by atoms with Crippen LogP contribution in [0.25, 0.3) is 0 Å². The zero-order valence-electron chi connectivity index (χ0n) is 17.6. The normalized spacial score (nSPS) is 15.6. The molecule has 1 N–H and O–H groups in total. The van der Waals surface area contributed by atoms with E-state index in [1.807, 2.05) is 18.2 Å². The summed E-state index contributed by atoms with van der Waals surface area (Å²) in [6.45, 7) is 6.62. The minimum atomic E-state index is 0. The molecule has 7 heteroatoms. The Morgan fingerprint density at radius 3 is 2.55 bits per heavy atom. The molecular weight excluding hydrogens is 479 g/mol. The molecule has 6 nitrogen and oxygen atoms in total. The second-order valence-electron chi connectivity index (χ2n) is 7.17. The molecule has 160 valence electrons. The highest BCUT2D eigenvalue weighted by atomic mass is 127. The molecule has 1 aliphatic rings. The first-order chi connectivity index (χ1) is 13.7. The highest BCUT2D eigenvalue weighted by molar-refractivity contribution is 14.0. The fourth-order valence-electron chi connectivity index (χ4n) is 3.64. The highest BCUT2D eigenvalue weighted by Gasteiger charge is 2.25. The lowest BCUT2D eigenvalue weighted by Crippen LogP contribution is -2.39. The number of hydrogen-bond donors (Lipinski definition) is 1. The van der Waals surface area contributed by atoms with E-state index >= 15 is 0 Å². The van der Waals surface area contributed by atoms with Gasteiger partial charge in [-0.1, -0.05) is 12.1 Å². The second-order valence-corrected chi connectivity index (χ2v) is 7.17. The summed E-state index contributed by atoms with van der Waals surface area (Å²) in [6, 6.07) is 12.4. The van der Waals surface area contributed by atoms with Crippen LogP contribution in [0, 0.1) is 0 Å². The molecule has 3 rings (SSSR count). The Hall–Kier alpha value is -1.74. The van der Waals surface area contributed by atoms with Crippen molar-refractivity contribution in [1.29, 1.82) is 0 Å². The number of furan rings is 1. The fourth-order valence-corrected chi connectivity index (χ4v) is 3.64. The van der Waals surface area contributed by atoms with Crippen molar-refractivity contribution in [2.45, 2.75) is 32.4 Å². The van der Waals surface area contributed by atoms with Crippen LogP contribution in [0.4, 0.5) is 0 Å². The van der Waals surface area contributed by atoms with Gasteiger partial charge in [0, 0.05) is 20.1 Å². The van der Waals surface area contributed by atoms with Gasteiger partial charge in [0.1, 0.15) is 11.5 Å². The van der Waals surface area contributed by atoms with Crippen molar-refractivity contribution in [2.75, 3.05) is 40.3 Å². The quantitative estimate of drug-likeness (QED) is 0.328. The van der Waals surface area contributed by atoms with Gasteiger partial charge in [0.15, 0.2) is 5.96 Å². The zero-order chi connectivity index (χ0) is 19.8. The van der Waals surface area contributed by atoms with Gasteiger partial charge in [-0.05, 0) is 62.7 Å². The summed E-state index contributed by atoms with van der Waals surface area (Å²) < 4.78 is 11.0. The number of benzene rings is 1. The van der Waals surface area contributed by atoms with Crippen molar-refractivity contribution in [3.63, 3.8) is 0 Å². The summed E-state index contributed by atoms with van der Waals surface area (Å²) in [7, 11) is 3.76. The first-order valence-electron chi connectivity index (χ1n) is 10.1. The maximum absolute atomic E-state index is 5.72. The molecule has 0 aliphatic carbocycles. The third-order valence-corrected chi connectivity index (χ3v) is 5.14. The minimum absolute atomic E-state index is 0. The third kappa shape index (κ3) is 6.64. The number of rotatable bonds is 8. The molecule has 0 bridgehead atoms. The van der Waals surface area contributed by atoms with E-state index in [9.17, 15) is 0 Å². The number of halogens is 1. The van der Waals surface area contributed by atoms with Crippen LogP contribution in [0.15, 0.2) is 52.1 Å². The Bertz CT molecular complexity index is 728. The Kier molecular flexibility index (Phi) is 9.80. The number of guanidine groups is 1. The number of methoxy groups -OCH3 is 1. The van der Waals surface area contributed by atoms with E-state index in [1.165, 1.54) is 18.4 Å². The summed E-state index contributed by atoms with van der Waals surface area (Å²) in [5.74, 6) is 2.78. The zero-order valence-corrected chi connectivity index (χ0v) is 20.0. The van der Waals surface area contributed by atoms with Crippen molar-refractivity contribution < 1.29 is 9.15 Å². The maximum atomic E-state index is 5.72. The van der Waals surface area contributed by atoms with Crippen molar-refractivity contribution >= 4 is 29.9 Å². The van der Waals surface area contributed by atoms with Gasteiger partial charge in [0.2, 0.25) is 0 Å². The van der Waals surface area contributed by atoms with Crippen LogP contribution >= 0.6 is 24.0 Å². The van der Waals surface area contributed by atoms with E-state index in [4.69, 9.17) is 14.1 Å². The lowest BCUT2D eigenvalue weighted by atomic mass is 10.2. The number of nitrogens with one attached hydrogen (secondary N) is 1. The number of likely N-dealkylation sites (tertiary alicyclic amines) is 1. The van der Waals surface area contributed by atoms with E-state index in [1.54, 1.807) is 13.4 Å². The standard InChI is InChI=1S/C22H32N4O2.HI/c1-4-23-22(25(2)17-18-9-11-19(27-3)12-10-18)24-16-20(21-8-7-15-28-21)26-13-5-6-14-26;/h7-12,15,20H,4-6,13-14,16-17H2,1-3H3,(H,23,24);1H. The predicted octanol–water partition coefficient (Wildman–Crippen LogP) is 4.14.